The molecule has 2 aromatic carbocycles. The SMILES string of the molecule is COc1ccc(OC)c(C2CN(C(=O)c3ccccc3F)CC2C(=O)NC(C)C)c1. The summed E-state index contributed by atoms with van der Waals surface area (Å²) >= 11 is 0. The molecule has 6 nitrogen and oxygen atoms in total. The minimum Gasteiger partial charge on any atom is -0.497 e. The van der Waals surface area contributed by atoms with Gasteiger partial charge in [0.05, 0.1) is 25.7 Å². The van der Waals surface area contributed by atoms with E-state index in [1.165, 1.54) is 17.0 Å². The van der Waals surface area contributed by atoms with E-state index in [0.29, 0.717) is 11.5 Å². The molecule has 7 heteroatoms. The minimum atomic E-state index is -0.576. The highest BCUT2D eigenvalue weighted by Gasteiger charge is 2.42. The summed E-state index contributed by atoms with van der Waals surface area (Å²) < 4.78 is 25.1. The highest BCUT2D eigenvalue weighted by atomic mass is 19.1. The molecule has 2 atom stereocenters. The molecule has 0 aromatic heterocycles. The maximum Gasteiger partial charge on any atom is 0.256 e. The molecule has 1 aliphatic heterocycles. The van der Waals surface area contributed by atoms with E-state index >= 15 is 0 Å². The molecule has 160 valence electrons. The number of likely N-dealkylation sites (tertiary alicyclic amines) is 1. The molecule has 30 heavy (non-hydrogen) atoms. The van der Waals surface area contributed by atoms with Crippen LogP contribution in [0.2, 0.25) is 0 Å². The number of hydrogen-bond acceptors (Lipinski definition) is 4. The zero-order chi connectivity index (χ0) is 21.8. The van der Waals surface area contributed by atoms with Crippen LogP contribution in [0.25, 0.3) is 0 Å². The van der Waals surface area contributed by atoms with Crippen molar-refractivity contribution in [2.75, 3.05) is 27.3 Å². The molecule has 1 aliphatic rings. The second-order valence-electron chi connectivity index (χ2n) is 7.67. The summed E-state index contributed by atoms with van der Waals surface area (Å²) in [7, 11) is 3.13. The smallest absolute Gasteiger partial charge is 0.256 e. The van der Waals surface area contributed by atoms with Crippen LogP contribution in [-0.2, 0) is 4.79 Å². The number of nitrogens with one attached hydrogen (secondary N) is 1. The largest absolute Gasteiger partial charge is 0.497 e. The Hall–Kier alpha value is -3.09. The molecule has 0 spiro atoms. The Morgan fingerprint density at radius 1 is 1.10 bits per heavy atom. The van der Waals surface area contributed by atoms with E-state index in [1.807, 2.05) is 19.9 Å². The molecule has 1 heterocycles. The van der Waals surface area contributed by atoms with E-state index < -0.39 is 17.6 Å². The number of methoxy groups -OCH3 is 2. The van der Waals surface area contributed by atoms with Gasteiger partial charge in [-0.1, -0.05) is 12.1 Å². The molecular weight excluding hydrogens is 387 g/mol. The summed E-state index contributed by atoms with van der Waals surface area (Å²) in [6.07, 6.45) is 0. The average Bonchev–Trinajstić information content (AvgIpc) is 3.18. The van der Waals surface area contributed by atoms with Gasteiger partial charge in [-0.2, -0.15) is 0 Å². The van der Waals surface area contributed by atoms with Crippen molar-refractivity contribution in [3.05, 3.63) is 59.4 Å². The van der Waals surface area contributed by atoms with E-state index in [4.69, 9.17) is 9.47 Å². The van der Waals surface area contributed by atoms with E-state index in [0.717, 1.165) is 5.56 Å². The van der Waals surface area contributed by atoms with Gasteiger partial charge in [-0.3, -0.25) is 9.59 Å². The van der Waals surface area contributed by atoms with Crippen LogP contribution in [-0.4, -0.2) is 50.1 Å². The van der Waals surface area contributed by atoms with Crippen molar-refractivity contribution in [3.8, 4) is 11.5 Å². The monoisotopic (exact) mass is 414 g/mol. The molecule has 0 radical (unpaired) electrons. The number of hydrogen-bond donors (Lipinski definition) is 1. The van der Waals surface area contributed by atoms with E-state index in [9.17, 15) is 14.0 Å². The Balaban J connectivity index is 1.98. The molecule has 2 amide bonds. The van der Waals surface area contributed by atoms with Gasteiger partial charge in [0.25, 0.3) is 5.91 Å². The van der Waals surface area contributed by atoms with Crippen LogP contribution in [0.5, 0.6) is 11.5 Å². The van der Waals surface area contributed by atoms with Gasteiger partial charge in [0, 0.05) is 30.6 Å². The maximum atomic E-state index is 14.2. The van der Waals surface area contributed by atoms with Gasteiger partial charge in [-0.15, -0.1) is 0 Å². The number of amides is 2. The highest BCUT2D eigenvalue weighted by Crippen LogP contribution is 2.40. The quantitative estimate of drug-likeness (QED) is 0.788. The Kier molecular flexibility index (Phi) is 6.59. The summed E-state index contributed by atoms with van der Waals surface area (Å²) in [5.41, 5.74) is 0.781. The first kappa shape index (κ1) is 21.6. The van der Waals surface area contributed by atoms with E-state index in [2.05, 4.69) is 5.32 Å². The topological polar surface area (TPSA) is 67.9 Å². The summed E-state index contributed by atoms with van der Waals surface area (Å²) in [4.78, 5) is 27.5. The molecule has 2 unspecified atom stereocenters. The van der Waals surface area contributed by atoms with Gasteiger partial charge in [0.1, 0.15) is 17.3 Å². The number of carbonyl (C=O) groups excluding carboxylic acids is 2. The van der Waals surface area contributed by atoms with Crippen LogP contribution in [0.3, 0.4) is 0 Å². The first-order valence-electron chi connectivity index (χ1n) is 9.91. The molecule has 1 N–H and O–H groups in total. The fraction of sp³-hybridized carbons (Fsp3) is 0.391. The molecule has 0 saturated carbocycles. The van der Waals surface area contributed by atoms with Crippen molar-refractivity contribution in [1.82, 2.24) is 10.2 Å². The average molecular weight is 414 g/mol. The molecule has 2 aromatic rings. The van der Waals surface area contributed by atoms with Crippen molar-refractivity contribution >= 4 is 11.8 Å². The van der Waals surface area contributed by atoms with Crippen LogP contribution < -0.4 is 14.8 Å². The third-order valence-corrected chi connectivity index (χ3v) is 5.32. The lowest BCUT2D eigenvalue weighted by atomic mass is 9.87. The molecule has 3 rings (SSSR count). The van der Waals surface area contributed by atoms with E-state index in [-0.39, 0.29) is 36.5 Å². The van der Waals surface area contributed by atoms with Crippen molar-refractivity contribution in [1.29, 1.82) is 0 Å². The minimum absolute atomic E-state index is 0.00113. The summed E-state index contributed by atoms with van der Waals surface area (Å²) in [5.74, 6) is -0.721. The zero-order valence-corrected chi connectivity index (χ0v) is 17.6. The number of nitrogens with zero attached hydrogens (tertiary/aromatic N) is 1. The van der Waals surface area contributed by atoms with Crippen molar-refractivity contribution < 1.29 is 23.5 Å². The lowest BCUT2D eigenvalue weighted by molar-refractivity contribution is -0.125. The van der Waals surface area contributed by atoms with Crippen molar-refractivity contribution in [2.24, 2.45) is 5.92 Å². The molecule has 0 aliphatic carbocycles. The maximum absolute atomic E-state index is 14.2. The number of carbonyl (C=O) groups is 2. The summed E-state index contributed by atoms with van der Waals surface area (Å²) in [6, 6.07) is 11.2. The number of ether oxygens (including phenoxy) is 2. The summed E-state index contributed by atoms with van der Waals surface area (Å²) in [6.45, 7) is 4.23. The van der Waals surface area contributed by atoms with Crippen molar-refractivity contribution in [2.45, 2.75) is 25.8 Å². The lowest BCUT2D eigenvalue weighted by Gasteiger charge is -2.22. The predicted molar refractivity (Wildman–Crippen MR) is 111 cm³/mol. The molecule has 0 bridgehead atoms. The number of halogens is 1. The molecular formula is C23H27FN2O4. The van der Waals surface area contributed by atoms with Crippen LogP contribution in [0, 0.1) is 11.7 Å². The standard InChI is InChI=1S/C23H27FN2O4/c1-14(2)25-22(27)19-13-26(23(28)16-7-5-6-8-20(16)24)12-18(19)17-11-15(29-3)9-10-21(17)30-4/h5-11,14,18-19H,12-13H2,1-4H3,(H,25,27). The van der Waals surface area contributed by atoms with Gasteiger partial charge < -0.3 is 19.7 Å². The van der Waals surface area contributed by atoms with E-state index in [1.54, 1.807) is 38.5 Å². The van der Waals surface area contributed by atoms with Crippen molar-refractivity contribution in [3.63, 3.8) is 0 Å². The Bertz CT molecular complexity index is 931. The normalized spacial score (nSPS) is 18.4. The fourth-order valence-electron chi connectivity index (χ4n) is 3.88. The molecule has 1 fully saturated rings. The van der Waals surface area contributed by atoms with Gasteiger partial charge in [0.2, 0.25) is 5.91 Å². The predicted octanol–water partition coefficient (Wildman–Crippen LogP) is 3.22. The Labute approximate surface area is 176 Å². The zero-order valence-electron chi connectivity index (χ0n) is 17.6. The van der Waals surface area contributed by atoms with Crippen LogP contribution in [0.4, 0.5) is 4.39 Å². The Morgan fingerprint density at radius 3 is 2.47 bits per heavy atom. The third-order valence-electron chi connectivity index (χ3n) is 5.32. The third kappa shape index (κ3) is 4.40. The number of rotatable bonds is 6. The molecule has 1 saturated heterocycles. The Morgan fingerprint density at radius 2 is 1.83 bits per heavy atom. The first-order valence-corrected chi connectivity index (χ1v) is 9.91. The fourth-order valence-corrected chi connectivity index (χ4v) is 3.88. The second-order valence-corrected chi connectivity index (χ2v) is 7.67. The van der Waals surface area contributed by atoms with Crippen LogP contribution in [0.15, 0.2) is 42.5 Å². The second kappa shape index (κ2) is 9.15. The lowest BCUT2D eigenvalue weighted by Crippen LogP contribution is -2.39. The van der Waals surface area contributed by atoms with Gasteiger partial charge >= 0.3 is 0 Å². The van der Waals surface area contributed by atoms with Gasteiger partial charge in [0.15, 0.2) is 0 Å². The van der Waals surface area contributed by atoms with Gasteiger partial charge in [-0.25, -0.2) is 4.39 Å². The first-order chi connectivity index (χ1) is 14.3. The highest BCUT2D eigenvalue weighted by molar-refractivity contribution is 5.95. The van der Waals surface area contributed by atoms with Gasteiger partial charge in [-0.05, 0) is 44.2 Å². The van der Waals surface area contributed by atoms with Crippen LogP contribution >= 0.6 is 0 Å². The van der Waals surface area contributed by atoms with Crippen LogP contribution in [0.1, 0.15) is 35.7 Å². The summed E-state index contributed by atoms with van der Waals surface area (Å²) in [5, 5.41) is 2.94. The number of benzene rings is 2.